The number of carbonyl (C=O) groups excluding carboxylic acids is 1. The van der Waals surface area contributed by atoms with Crippen LogP contribution < -0.4 is 0 Å². The Bertz CT molecular complexity index is 550. The van der Waals surface area contributed by atoms with Crippen molar-refractivity contribution in [1.29, 1.82) is 0 Å². The van der Waals surface area contributed by atoms with Crippen molar-refractivity contribution in [1.82, 2.24) is 4.90 Å². The summed E-state index contributed by atoms with van der Waals surface area (Å²) >= 11 is 0. The predicted molar refractivity (Wildman–Crippen MR) is 96.9 cm³/mol. The van der Waals surface area contributed by atoms with E-state index in [1.165, 1.54) is 14.2 Å². The van der Waals surface area contributed by atoms with Crippen molar-refractivity contribution in [2.75, 3.05) is 33.9 Å². The number of nitrogens with zero attached hydrogens (tertiary/aromatic N) is 1. The number of furan rings is 1. The monoisotopic (exact) mass is 427 g/mol. The van der Waals surface area contributed by atoms with Crippen molar-refractivity contribution in [2.24, 2.45) is 0 Å². The van der Waals surface area contributed by atoms with Gasteiger partial charge in [0.1, 0.15) is 23.2 Å². The molecule has 0 bridgehead atoms. The fourth-order valence-electron chi connectivity index (χ4n) is 2.11. The van der Waals surface area contributed by atoms with E-state index in [2.05, 4.69) is 4.90 Å². The van der Waals surface area contributed by atoms with Gasteiger partial charge in [0.15, 0.2) is 0 Å². The molecule has 0 aliphatic carbocycles. The van der Waals surface area contributed by atoms with Crippen molar-refractivity contribution in [2.45, 2.75) is 33.5 Å². The molecule has 0 atom stereocenters. The second kappa shape index (κ2) is 11.1. The van der Waals surface area contributed by atoms with Crippen LogP contribution in [-0.4, -0.2) is 44.8 Å². The molecule has 1 aromatic heterocycles. The van der Waals surface area contributed by atoms with Gasteiger partial charge in [0.25, 0.3) is 0 Å². The summed E-state index contributed by atoms with van der Waals surface area (Å²) in [4.78, 5) is 14.2. The summed E-state index contributed by atoms with van der Waals surface area (Å²) in [5, 5.41) is 0. The van der Waals surface area contributed by atoms with Crippen molar-refractivity contribution >= 4 is 30.5 Å². The van der Waals surface area contributed by atoms with Crippen LogP contribution in [0.25, 0.3) is 0 Å². The van der Waals surface area contributed by atoms with Gasteiger partial charge < -0.3 is 18.2 Å². The molecule has 24 heavy (non-hydrogen) atoms. The minimum atomic E-state index is -3.34. The topological polar surface area (TPSA) is 78.2 Å². The smallest absolute Gasteiger partial charge is 0.341 e. The Morgan fingerprint density at radius 2 is 1.79 bits per heavy atom. The van der Waals surface area contributed by atoms with E-state index in [9.17, 15) is 9.36 Å². The molecule has 0 aliphatic heterocycles. The molecule has 1 heterocycles. The molecule has 0 saturated heterocycles. The predicted octanol–water partition coefficient (Wildman–Crippen LogP) is 3.86. The zero-order valence-electron chi connectivity index (χ0n) is 14.9. The number of esters is 1. The fourth-order valence-corrected chi connectivity index (χ4v) is 3.10. The molecule has 1 rings (SSSR count). The normalized spacial score (nSPS) is 11.4. The zero-order chi connectivity index (χ0) is 17.5. The summed E-state index contributed by atoms with van der Waals surface area (Å²) < 4.78 is 33.0. The summed E-state index contributed by atoms with van der Waals surface area (Å²) in [5.41, 5.74) is 0.267. The van der Waals surface area contributed by atoms with Crippen LogP contribution in [0.2, 0.25) is 0 Å². The lowest BCUT2D eigenvalue weighted by Crippen LogP contribution is -2.21. The van der Waals surface area contributed by atoms with Crippen LogP contribution in [0.5, 0.6) is 0 Å². The summed E-state index contributed by atoms with van der Waals surface area (Å²) in [6.45, 7) is 8.34. The van der Waals surface area contributed by atoms with Gasteiger partial charge in [-0.25, -0.2) is 4.79 Å². The number of carbonyl (C=O) groups is 1. The molecule has 9 heteroatoms. The highest BCUT2D eigenvalue weighted by atomic mass is 79.9. The first-order valence-electron chi connectivity index (χ1n) is 7.64. The third-order valence-electron chi connectivity index (χ3n) is 3.52. The second-order valence-electron chi connectivity index (χ2n) is 4.87. The maximum absolute atomic E-state index is 12.3. The van der Waals surface area contributed by atoms with Gasteiger partial charge in [-0.1, -0.05) is 13.8 Å². The number of hydrogen-bond donors (Lipinski definition) is 0. The molecule has 0 N–H and O–H groups in total. The van der Waals surface area contributed by atoms with Crippen LogP contribution >= 0.6 is 24.6 Å². The summed E-state index contributed by atoms with van der Waals surface area (Å²) in [5.74, 6) is 0.374. The standard InChI is InChI=1S/C15H26NO6P.BrH/c1-6-16(7-2)10-12-9-13(15(17)21-8-3)14(22-12)11-23(18,19-4)20-5;/h9H,6-8,10-11H2,1-5H3;1H. The highest BCUT2D eigenvalue weighted by Gasteiger charge is 2.29. The molecule has 0 aliphatic rings. The van der Waals surface area contributed by atoms with Crippen LogP contribution in [0.4, 0.5) is 0 Å². The fraction of sp³-hybridized carbons (Fsp3) is 0.667. The second-order valence-corrected chi connectivity index (χ2v) is 7.13. The number of rotatable bonds is 10. The molecule has 0 radical (unpaired) electrons. The number of halogens is 1. The van der Waals surface area contributed by atoms with Gasteiger partial charge in [0.2, 0.25) is 0 Å². The Morgan fingerprint density at radius 3 is 2.25 bits per heavy atom. The summed E-state index contributed by atoms with van der Waals surface area (Å²) in [6.07, 6.45) is -0.119. The minimum absolute atomic E-state index is 0. The van der Waals surface area contributed by atoms with E-state index in [4.69, 9.17) is 18.2 Å². The summed E-state index contributed by atoms with van der Waals surface area (Å²) in [6, 6.07) is 1.64. The van der Waals surface area contributed by atoms with Gasteiger partial charge in [0.05, 0.1) is 13.2 Å². The maximum Gasteiger partial charge on any atom is 0.341 e. The Balaban J connectivity index is 0.00000529. The zero-order valence-corrected chi connectivity index (χ0v) is 17.5. The lowest BCUT2D eigenvalue weighted by atomic mass is 10.2. The molecule has 1 aromatic rings. The van der Waals surface area contributed by atoms with Gasteiger partial charge in [-0.3, -0.25) is 9.46 Å². The van der Waals surface area contributed by atoms with Gasteiger partial charge in [0, 0.05) is 14.2 Å². The maximum atomic E-state index is 12.3. The van der Waals surface area contributed by atoms with E-state index < -0.39 is 13.6 Å². The molecule has 0 amide bonds. The van der Waals surface area contributed by atoms with Gasteiger partial charge in [-0.05, 0) is 26.1 Å². The molecule has 0 fully saturated rings. The molecule has 0 aromatic carbocycles. The Kier molecular flexibility index (Phi) is 10.7. The first-order valence-corrected chi connectivity index (χ1v) is 9.37. The van der Waals surface area contributed by atoms with Gasteiger partial charge in [-0.15, -0.1) is 17.0 Å². The first-order chi connectivity index (χ1) is 10.9. The van der Waals surface area contributed by atoms with Crippen molar-refractivity contribution in [3.05, 3.63) is 23.2 Å². The van der Waals surface area contributed by atoms with Crippen molar-refractivity contribution in [3.8, 4) is 0 Å². The van der Waals surface area contributed by atoms with Gasteiger partial charge >= 0.3 is 13.6 Å². The van der Waals surface area contributed by atoms with Gasteiger partial charge in [-0.2, -0.15) is 0 Å². The SMILES string of the molecule is Br.CCOC(=O)c1cc(CN(CC)CC)oc1CP(=O)(OC)OC. The first kappa shape index (κ1) is 23.3. The van der Waals surface area contributed by atoms with Crippen LogP contribution in [-0.2, 0) is 31.1 Å². The summed E-state index contributed by atoms with van der Waals surface area (Å²) in [7, 11) is -0.739. The molecular weight excluding hydrogens is 401 g/mol. The largest absolute Gasteiger partial charge is 0.463 e. The highest BCUT2D eigenvalue weighted by Crippen LogP contribution is 2.50. The van der Waals surface area contributed by atoms with Crippen molar-refractivity contribution < 1.29 is 27.6 Å². The third kappa shape index (κ3) is 6.33. The molecule has 140 valence electrons. The van der Waals surface area contributed by atoms with E-state index in [0.29, 0.717) is 12.3 Å². The molecule has 7 nitrogen and oxygen atoms in total. The van der Waals surface area contributed by atoms with E-state index in [1.54, 1.807) is 13.0 Å². The van der Waals surface area contributed by atoms with Crippen molar-refractivity contribution in [3.63, 3.8) is 0 Å². The van der Waals surface area contributed by atoms with E-state index in [0.717, 1.165) is 13.1 Å². The minimum Gasteiger partial charge on any atom is -0.463 e. The Hall–Kier alpha value is -0.660. The lowest BCUT2D eigenvalue weighted by Gasteiger charge is -2.16. The van der Waals surface area contributed by atoms with Crippen LogP contribution in [0.3, 0.4) is 0 Å². The van der Waals surface area contributed by atoms with Crippen LogP contribution in [0.15, 0.2) is 10.5 Å². The highest BCUT2D eigenvalue weighted by molar-refractivity contribution is 8.93. The molecule has 0 saturated carbocycles. The Labute approximate surface area is 153 Å². The molecular formula is C15H27BrNO6P. The van der Waals surface area contributed by atoms with E-state index in [1.807, 2.05) is 13.8 Å². The van der Waals surface area contributed by atoms with E-state index >= 15 is 0 Å². The number of ether oxygens (including phenoxy) is 1. The third-order valence-corrected chi connectivity index (χ3v) is 5.31. The van der Waals surface area contributed by atoms with Crippen LogP contribution in [0.1, 0.15) is 42.6 Å². The lowest BCUT2D eigenvalue weighted by molar-refractivity contribution is 0.0524. The van der Waals surface area contributed by atoms with Crippen LogP contribution in [0, 0.1) is 0 Å². The van der Waals surface area contributed by atoms with E-state index in [-0.39, 0.29) is 41.1 Å². The Morgan fingerprint density at radius 1 is 1.21 bits per heavy atom. The number of hydrogen-bond acceptors (Lipinski definition) is 7. The average molecular weight is 428 g/mol. The molecule has 0 spiro atoms. The molecule has 0 unspecified atom stereocenters. The quantitative estimate of drug-likeness (QED) is 0.414. The average Bonchev–Trinajstić information content (AvgIpc) is 2.94.